The SMILES string of the molecule is CCCNC1C(CN(C)CC(C)C)CCC1(C)C. The standard InChI is InChI=1S/C16H34N2/c1-7-10-17-15-14(8-9-16(15,4)5)12-18(6)11-13(2)3/h13-15,17H,7-12H2,1-6H3. The van der Waals surface area contributed by atoms with E-state index in [2.05, 4.69) is 51.9 Å². The van der Waals surface area contributed by atoms with Crippen LogP contribution in [0, 0.1) is 17.3 Å². The molecule has 0 saturated heterocycles. The minimum Gasteiger partial charge on any atom is -0.313 e. The van der Waals surface area contributed by atoms with Crippen LogP contribution in [-0.4, -0.2) is 37.6 Å². The third-order valence-corrected chi connectivity index (χ3v) is 4.31. The quantitative estimate of drug-likeness (QED) is 0.749. The molecule has 0 aromatic rings. The van der Waals surface area contributed by atoms with Crippen LogP contribution in [0.1, 0.15) is 53.9 Å². The van der Waals surface area contributed by atoms with Crippen molar-refractivity contribution in [1.29, 1.82) is 0 Å². The summed E-state index contributed by atoms with van der Waals surface area (Å²) >= 11 is 0. The summed E-state index contributed by atoms with van der Waals surface area (Å²) in [6.45, 7) is 15.4. The fraction of sp³-hybridized carbons (Fsp3) is 1.00. The Labute approximate surface area is 115 Å². The molecule has 2 heteroatoms. The highest BCUT2D eigenvalue weighted by atomic mass is 15.1. The first-order valence-corrected chi connectivity index (χ1v) is 7.78. The molecule has 0 aromatic heterocycles. The molecule has 2 atom stereocenters. The lowest BCUT2D eigenvalue weighted by Gasteiger charge is -2.34. The second-order valence-electron chi connectivity index (χ2n) is 7.33. The predicted molar refractivity (Wildman–Crippen MR) is 80.9 cm³/mol. The molecule has 1 saturated carbocycles. The van der Waals surface area contributed by atoms with Gasteiger partial charge in [0, 0.05) is 19.1 Å². The molecule has 0 aliphatic heterocycles. The summed E-state index contributed by atoms with van der Waals surface area (Å²) in [5.41, 5.74) is 0.471. The van der Waals surface area contributed by atoms with Gasteiger partial charge in [-0.3, -0.25) is 0 Å². The summed E-state index contributed by atoms with van der Waals surface area (Å²) in [4.78, 5) is 2.53. The minimum absolute atomic E-state index is 0.471. The molecule has 1 N–H and O–H groups in total. The van der Waals surface area contributed by atoms with Crippen molar-refractivity contribution < 1.29 is 0 Å². The van der Waals surface area contributed by atoms with Crippen LogP contribution in [-0.2, 0) is 0 Å². The second kappa shape index (κ2) is 6.91. The highest BCUT2D eigenvalue weighted by Gasteiger charge is 2.41. The van der Waals surface area contributed by atoms with E-state index < -0.39 is 0 Å². The van der Waals surface area contributed by atoms with Gasteiger partial charge in [-0.25, -0.2) is 0 Å². The Bertz CT molecular complexity index is 235. The molecule has 1 rings (SSSR count). The third-order valence-electron chi connectivity index (χ3n) is 4.31. The van der Waals surface area contributed by atoms with Gasteiger partial charge in [-0.1, -0.05) is 34.6 Å². The highest BCUT2D eigenvalue weighted by molar-refractivity contribution is 4.96. The van der Waals surface area contributed by atoms with Crippen molar-refractivity contribution in [3.63, 3.8) is 0 Å². The van der Waals surface area contributed by atoms with E-state index in [1.807, 2.05) is 0 Å². The van der Waals surface area contributed by atoms with Crippen molar-refractivity contribution >= 4 is 0 Å². The topological polar surface area (TPSA) is 15.3 Å². The fourth-order valence-corrected chi connectivity index (χ4v) is 3.56. The summed E-state index contributed by atoms with van der Waals surface area (Å²) in [5.74, 6) is 1.60. The Balaban J connectivity index is 2.52. The first-order valence-electron chi connectivity index (χ1n) is 7.78. The molecule has 0 spiro atoms. The van der Waals surface area contributed by atoms with E-state index in [0.29, 0.717) is 11.5 Å². The van der Waals surface area contributed by atoms with E-state index in [1.54, 1.807) is 0 Å². The molecule has 0 amide bonds. The average molecular weight is 254 g/mol. The van der Waals surface area contributed by atoms with Crippen LogP contribution in [0.3, 0.4) is 0 Å². The Morgan fingerprint density at radius 1 is 1.33 bits per heavy atom. The lowest BCUT2D eigenvalue weighted by Crippen LogP contribution is -2.45. The molecular weight excluding hydrogens is 220 g/mol. The number of hydrogen-bond acceptors (Lipinski definition) is 2. The molecule has 1 aliphatic rings. The van der Waals surface area contributed by atoms with E-state index in [4.69, 9.17) is 0 Å². The molecule has 0 aromatic carbocycles. The van der Waals surface area contributed by atoms with Crippen molar-refractivity contribution in [2.45, 2.75) is 59.9 Å². The van der Waals surface area contributed by atoms with Gasteiger partial charge >= 0.3 is 0 Å². The summed E-state index contributed by atoms with van der Waals surface area (Å²) < 4.78 is 0. The molecule has 2 unspecified atom stereocenters. The van der Waals surface area contributed by atoms with E-state index in [9.17, 15) is 0 Å². The van der Waals surface area contributed by atoms with Gasteiger partial charge in [-0.15, -0.1) is 0 Å². The Hall–Kier alpha value is -0.0800. The van der Waals surface area contributed by atoms with Crippen LogP contribution in [0.2, 0.25) is 0 Å². The molecule has 108 valence electrons. The van der Waals surface area contributed by atoms with Crippen LogP contribution in [0.15, 0.2) is 0 Å². The average Bonchev–Trinajstić information content (AvgIpc) is 2.50. The first-order chi connectivity index (χ1) is 8.36. The van der Waals surface area contributed by atoms with E-state index in [-0.39, 0.29) is 0 Å². The minimum atomic E-state index is 0.471. The van der Waals surface area contributed by atoms with Gasteiger partial charge < -0.3 is 10.2 Å². The van der Waals surface area contributed by atoms with Gasteiger partial charge in [0.15, 0.2) is 0 Å². The van der Waals surface area contributed by atoms with Crippen molar-refractivity contribution in [2.75, 3.05) is 26.7 Å². The smallest absolute Gasteiger partial charge is 0.0159 e. The van der Waals surface area contributed by atoms with Crippen LogP contribution < -0.4 is 5.32 Å². The largest absolute Gasteiger partial charge is 0.313 e. The summed E-state index contributed by atoms with van der Waals surface area (Å²) in [7, 11) is 2.28. The van der Waals surface area contributed by atoms with Crippen LogP contribution >= 0.6 is 0 Å². The Kier molecular flexibility index (Phi) is 6.13. The number of hydrogen-bond donors (Lipinski definition) is 1. The van der Waals surface area contributed by atoms with Crippen LogP contribution in [0.5, 0.6) is 0 Å². The molecule has 2 nitrogen and oxygen atoms in total. The van der Waals surface area contributed by atoms with Gasteiger partial charge in [0.1, 0.15) is 0 Å². The zero-order chi connectivity index (χ0) is 13.8. The monoisotopic (exact) mass is 254 g/mol. The maximum Gasteiger partial charge on any atom is 0.0159 e. The normalized spacial score (nSPS) is 27.3. The van der Waals surface area contributed by atoms with Gasteiger partial charge in [0.05, 0.1) is 0 Å². The molecule has 18 heavy (non-hydrogen) atoms. The molecule has 0 bridgehead atoms. The third kappa shape index (κ3) is 4.55. The van der Waals surface area contributed by atoms with Crippen molar-refractivity contribution in [3.8, 4) is 0 Å². The maximum absolute atomic E-state index is 3.80. The maximum atomic E-state index is 3.80. The van der Waals surface area contributed by atoms with Gasteiger partial charge in [0.25, 0.3) is 0 Å². The van der Waals surface area contributed by atoms with Crippen LogP contribution in [0.25, 0.3) is 0 Å². The van der Waals surface area contributed by atoms with Crippen LogP contribution in [0.4, 0.5) is 0 Å². The summed E-state index contributed by atoms with van der Waals surface area (Å²) in [6.07, 6.45) is 3.99. The van der Waals surface area contributed by atoms with Gasteiger partial charge in [-0.2, -0.15) is 0 Å². The number of nitrogens with zero attached hydrogens (tertiary/aromatic N) is 1. The molecular formula is C16H34N2. The van der Waals surface area contributed by atoms with Crippen molar-refractivity contribution in [3.05, 3.63) is 0 Å². The van der Waals surface area contributed by atoms with Crippen molar-refractivity contribution in [1.82, 2.24) is 10.2 Å². The number of rotatable bonds is 7. The van der Waals surface area contributed by atoms with Gasteiger partial charge in [0.2, 0.25) is 0 Å². The predicted octanol–water partition coefficient (Wildman–Crippen LogP) is 3.38. The fourth-order valence-electron chi connectivity index (χ4n) is 3.56. The van der Waals surface area contributed by atoms with E-state index in [1.165, 1.54) is 38.9 Å². The molecule has 1 aliphatic carbocycles. The van der Waals surface area contributed by atoms with Gasteiger partial charge in [-0.05, 0) is 50.1 Å². The Morgan fingerprint density at radius 3 is 2.56 bits per heavy atom. The lowest BCUT2D eigenvalue weighted by atomic mass is 9.84. The zero-order valence-electron chi connectivity index (χ0n) is 13.4. The highest BCUT2D eigenvalue weighted by Crippen LogP contribution is 2.41. The molecule has 1 fully saturated rings. The Morgan fingerprint density at radius 2 is 2.00 bits per heavy atom. The summed E-state index contributed by atoms with van der Waals surface area (Å²) in [5, 5.41) is 3.80. The van der Waals surface area contributed by atoms with E-state index in [0.717, 1.165) is 11.8 Å². The lowest BCUT2D eigenvalue weighted by molar-refractivity contribution is 0.194. The van der Waals surface area contributed by atoms with E-state index >= 15 is 0 Å². The zero-order valence-corrected chi connectivity index (χ0v) is 13.4. The first kappa shape index (κ1) is 16.0. The number of nitrogens with one attached hydrogen (secondary N) is 1. The summed E-state index contributed by atoms with van der Waals surface area (Å²) in [6, 6.07) is 0.701. The van der Waals surface area contributed by atoms with Crippen molar-refractivity contribution in [2.24, 2.45) is 17.3 Å². The molecule has 0 heterocycles. The second-order valence-corrected chi connectivity index (χ2v) is 7.33. The molecule has 0 radical (unpaired) electrons.